The molecular formula is C32H48N4O3. The van der Waals surface area contributed by atoms with E-state index < -0.39 is 0 Å². The highest BCUT2D eigenvalue weighted by atomic mass is 16.5. The van der Waals surface area contributed by atoms with Crippen molar-refractivity contribution in [3.8, 4) is 22.8 Å². The zero-order valence-electron chi connectivity index (χ0n) is 24.7. The van der Waals surface area contributed by atoms with E-state index in [1.54, 1.807) is 6.92 Å². The van der Waals surface area contributed by atoms with Crippen LogP contribution in [0.25, 0.3) is 11.1 Å². The van der Waals surface area contributed by atoms with Crippen molar-refractivity contribution in [3.63, 3.8) is 0 Å². The molecule has 39 heavy (non-hydrogen) atoms. The summed E-state index contributed by atoms with van der Waals surface area (Å²) in [6.07, 6.45) is 11.1. The first kappa shape index (κ1) is 29.3. The maximum absolute atomic E-state index is 12.9. The Hall–Kier alpha value is -2.67. The minimum absolute atomic E-state index is 0.0275. The van der Waals surface area contributed by atoms with Gasteiger partial charge in [-0.25, -0.2) is 0 Å². The van der Waals surface area contributed by atoms with Crippen LogP contribution in [0.4, 0.5) is 5.69 Å². The van der Waals surface area contributed by atoms with Gasteiger partial charge in [-0.2, -0.15) is 5.10 Å². The van der Waals surface area contributed by atoms with Crippen LogP contribution in [0.15, 0.2) is 24.3 Å². The van der Waals surface area contributed by atoms with Crippen LogP contribution in [0.3, 0.4) is 0 Å². The Labute approximate surface area is 235 Å². The van der Waals surface area contributed by atoms with Crippen LogP contribution in [-0.2, 0) is 11.2 Å². The molecule has 2 heterocycles. The Morgan fingerprint density at radius 3 is 2.41 bits per heavy atom. The number of nitrogens with zero attached hydrogens (tertiary/aromatic N) is 4. The second-order valence-electron chi connectivity index (χ2n) is 11.9. The molecule has 2 aliphatic rings. The first-order chi connectivity index (χ1) is 18.8. The molecule has 1 aliphatic heterocycles. The molecule has 0 spiro atoms. The minimum Gasteiger partial charge on any atom is -0.488 e. The first-order valence-electron chi connectivity index (χ1n) is 15.1. The molecule has 1 saturated heterocycles. The smallest absolute Gasteiger partial charge is 0.234 e. The zero-order valence-corrected chi connectivity index (χ0v) is 24.7. The van der Waals surface area contributed by atoms with Gasteiger partial charge in [-0.15, -0.1) is 5.10 Å². The predicted octanol–water partition coefficient (Wildman–Crippen LogP) is 6.68. The van der Waals surface area contributed by atoms with Crippen LogP contribution >= 0.6 is 0 Å². The van der Waals surface area contributed by atoms with Crippen molar-refractivity contribution in [2.75, 3.05) is 31.6 Å². The number of amides is 1. The number of likely N-dealkylation sites (tertiary alicyclic amines) is 1. The molecule has 1 saturated carbocycles. The van der Waals surface area contributed by atoms with Crippen LogP contribution in [0.5, 0.6) is 11.6 Å². The monoisotopic (exact) mass is 536 g/mol. The topological polar surface area (TPSA) is 67.8 Å². The number of hydrogen-bond donors (Lipinski definition) is 0. The van der Waals surface area contributed by atoms with Crippen molar-refractivity contribution < 1.29 is 14.3 Å². The van der Waals surface area contributed by atoms with Crippen molar-refractivity contribution in [3.05, 3.63) is 30.0 Å². The van der Waals surface area contributed by atoms with Gasteiger partial charge in [-0.1, -0.05) is 39.7 Å². The fourth-order valence-corrected chi connectivity index (χ4v) is 5.63. The summed E-state index contributed by atoms with van der Waals surface area (Å²) in [7, 11) is 2.15. The molecule has 7 nitrogen and oxygen atoms in total. The Morgan fingerprint density at radius 1 is 1.03 bits per heavy atom. The van der Waals surface area contributed by atoms with E-state index in [9.17, 15) is 4.79 Å². The molecule has 1 aromatic heterocycles. The van der Waals surface area contributed by atoms with Crippen LogP contribution in [0.2, 0.25) is 0 Å². The lowest BCUT2D eigenvalue weighted by atomic mass is 9.97. The Morgan fingerprint density at radius 2 is 1.74 bits per heavy atom. The average Bonchev–Trinajstić information content (AvgIpc) is 2.93. The van der Waals surface area contributed by atoms with Gasteiger partial charge in [-0.3, -0.25) is 4.79 Å². The zero-order chi connectivity index (χ0) is 27.8. The van der Waals surface area contributed by atoms with E-state index in [-0.39, 0.29) is 18.1 Å². The largest absolute Gasteiger partial charge is 0.488 e. The number of piperidine rings is 1. The van der Waals surface area contributed by atoms with Gasteiger partial charge in [0.15, 0.2) is 0 Å². The number of carbonyl (C=O) groups excluding carboxylic acids is 1. The lowest BCUT2D eigenvalue weighted by Crippen LogP contribution is -2.35. The summed E-state index contributed by atoms with van der Waals surface area (Å²) in [5, 5.41) is 9.13. The Balaban J connectivity index is 1.71. The number of rotatable bonds is 11. The minimum atomic E-state index is 0.0275. The maximum Gasteiger partial charge on any atom is 0.234 e. The normalized spacial score (nSPS) is 17.4. The summed E-state index contributed by atoms with van der Waals surface area (Å²) < 4.78 is 12.9. The second kappa shape index (κ2) is 14.1. The third-order valence-electron chi connectivity index (χ3n) is 7.90. The third-order valence-corrected chi connectivity index (χ3v) is 7.90. The number of unbranched alkanes of at least 4 members (excludes halogenated alkanes) is 1. The molecule has 0 atom stereocenters. The van der Waals surface area contributed by atoms with Gasteiger partial charge in [0.25, 0.3) is 0 Å². The molecule has 0 bridgehead atoms. The molecule has 0 radical (unpaired) electrons. The van der Waals surface area contributed by atoms with Crippen molar-refractivity contribution in [2.45, 2.75) is 104 Å². The summed E-state index contributed by atoms with van der Waals surface area (Å²) in [6, 6.07) is 8.34. The lowest BCUT2D eigenvalue weighted by molar-refractivity contribution is -0.116. The molecule has 2 aromatic rings. The Kier molecular flexibility index (Phi) is 10.6. The third kappa shape index (κ3) is 8.17. The van der Waals surface area contributed by atoms with E-state index in [4.69, 9.17) is 9.47 Å². The van der Waals surface area contributed by atoms with Gasteiger partial charge >= 0.3 is 0 Å². The van der Waals surface area contributed by atoms with E-state index in [1.807, 2.05) is 4.90 Å². The fraction of sp³-hybridized carbons (Fsp3) is 0.656. The summed E-state index contributed by atoms with van der Waals surface area (Å²) in [5.74, 6) is 1.73. The number of benzene rings is 1. The molecule has 4 rings (SSSR count). The number of ether oxygens (including phenoxy) is 2. The summed E-state index contributed by atoms with van der Waals surface area (Å²) >= 11 is 0. The maximum atomic E-state index is 12.9. The second-order valence-corrected chi connectivity index (χ2v) is 11.9. The summed E-state index contributed by atoms with van der Waals surface area (Å²) in [5.41, 5.74) is 3.86. The van der Waals surface area contributed by atoms with Crippen LogP contribution in [0, 0.1) is 5.92 Å². The standard InChI is InChI=1S/C32H48N4O3/c1-6-7-13-29-28(21-32(34-33-29)39-27-16-18-35(5)19-17-27)25-14-15-31(38-26-11-9-8-10-12-26)30(20-25)36(24(4)37)22-23(2)3/h14-15,20-21,23,26-27H,6-13,16-19,22H2,1-5H3. The fourth-order valence-electron chi connectivity index (χ4n) is 5.63. The molecular weight excluding hydrogens is 488 g/mol. The number of hydrogen-bond acceptors (Lipinski definition) is 6. The highest BCUT2D eigenvalue weighted by Crippen LogP contribution is 2.38. The van der Waals surface area contributed by atoms with E-state index in [2.05, 4.69) is 67.2 Å². The van der Waals surface area contributed by atoms with E-state index in [0.29, 0.717) is 18.3 Å². The number of aromatic nitrogens is 2. The van der Waals surface area contributed by atoms with Crippen molar-refractivity contribution in [1.82, 2.24) is 15.1 Å². The van der Waals surface area contributed by atoms with Gasteiger partial charge in [0.05, 0.1) is 17.5 Å². The van der Waals surface area contributed by atoms with E-state index in [1.165, 1.54) is 19.3 Å². The highest BCUT2D eigenvalue weighted by Gasteiger charge is 2.24. The number of anilines is 1. The number of carbonyl (C=O) groups is 1. The molecule has 214 valence electrons. The van der Waals surface area contributed by atoms with E-state index >= 15 is 0 Å². The highest BCUT2D eigenvalue weighted by molar-refractivity contribution is 5.94. The van der Waals surface area contributed by atoms with Crippen molar-refractivity contribution in [1.29, 1.82) is 0 Å². The molecule has 1 amide bonds. The summed E-state index contributed by atoms with van der Waals surface area (Å²) in [6.45, 7) is 10.8. The number of aryl methyl sites for hydroxylation is 1. The van der Waals surface area contributed by atoms with Gasteiger partial charge in [0.2, 0.25) is 11.8 Å². The molecule has 1 aliphatic carbocycles. The quantitative estimate of drug-likeness (QED) is 0.319. The molecule has 1 aromatic carbocycles. The SMILES string of the molecule is CCCCc1nnc(OC2CCN(C)CC2)cc1-c1ccc(OC2CCCCC2)c(N(CC(C)C)C(C)=O)c1. The average molecular weight is 537 g/mol. The van der Waals surface area contributed by atoms with Gasteiger partial charge in [0.1, 0.15) is 11.9 Å². The molecule has 0 unspecified atom stereocenters. The summed E-state index contributed by atoms with van der Waals surface area (Å²) in [4.78, 5) is 17.1. The Bertz CT molecular complexity index is 1080. The van der Waals surface area contributed by atoms with Gasteiger partial charge in [-0.05, 0) is 82.0 Å². The van der Waals surface area contributed by atoms with Crippen LogP contribution < -0.4 is 14.4 Å². The van der Waals surface area contributed by atoms with Gasteiger partial charge in [0, 0.05) is 38.2 Å². The van der Waals surface area contributed by atoms with Crippen molar-refractivity contribution >= 4 is 11.6 Å². The van der Waals surface area contributed by atoms with E-state index in [0.717, 1.165) is 86.3 Å². The molecule has 7 heteroatoms. The lowest BCUT2D eigenvalue weighted by Gasteiger charge is -2.30. The molecule has 2 fully saturated rings. The van der Waals surface area contributed by atoms with Crippen LogP contribution in [-0.4, -0.2) is 59.9 Å². The van der Waals surface area contributed by atoms with Gasteiger partial charge < -0.3 is 19.3 Å². The van der Waals surface area contributed by atoms with Crippen LogP contribution in [0.1, 0.15) is 91.2 Å². The molecule has 0 N–H and O–H groups in total. The predicted molar refractivity (Wildman–Crippen MR) is 158 cm³/mol. The van der Waals surface area contributed by atoms with Crippen molar-refractivity contribution in [2.24, 2.45) is 5.92 Å². The first-order valence-corrected chi connectivity index (χ1v) is 15.1.